The first kappa shape index (κ1) is 21.0. The lowest BCUT2D eigenvalue weighted by Gasteiger charge is -2.32. The average Bonchev–Trinajstić information content (AvgIpc) is 3.22. The second-order valence-electron chi connectivity index (χ2n) is 8.46. The van der Waals surface area contributed by atoms with Crippen LogP contribution in [0.3, 0.4) is 0 Å². The number of carbonyl (C=O) groups is 2. The van der Waals surface area contributed by atoms with Crippen LogP contribution in [0, 0.1) is 0 Å². The molecule has 0 radical (unpaired) electrons. The average molecular weight is 443 g/mol. The summed E-state index contributed by atoms with van der Waals surface area (Å²) in [5, 5.41) is 1.72. The molecule has 0 unspecified atom stereocenters. The van der Waals surface area contributed by atoms with Gasteiger partial charge in [0, 0.05) is 53.6 Å². The predicted octanol–water partition coefficient (Wildman–Crippen LogP) is 3.48. The molecule has 0 bridgehead atoms. The highest BCUT2D eigenvalue weighted by Crippen LogP contribution is 2.40. The van der Waals surface area contributed by atoms with E-state index in [4.69, 9.17) is 10.5 Å². The van der Waals surface area contributed by atoms with Crippen molar-refractivity contribution in [1.29, 1.82) is 0 Å². The Morgan fingerprint density at radius 1 is 0.970 bits per heavy atom. The van der Waals surface area contributed by atoms with Gasteiger partial charge in [-0.25, -0.2) is 0 Å². The Balaban J connectivity index is 1.72. The van der Waals surface area contributed by atoms with Crippen LogP contribution in [0.2, 0.25) is 0 Å². The van der Waals surface area contributed by atoms with E-state index in [0.717, 1.165) is 46.3 Å². The number of primary amides is 1. The molecule has 0 atom stereocenters. The number of hydrogen-bond donors (Lipinski definition) is 2. The number of nitrogens with two attached hydrogens (primary N) is 1. The molecule has 7 nitrogen and oxygen atoms in total. The van der Waals surface area contributed by atoms with Crippen molar-refractivity contribution in [3.05, 3.63) is 65.7 Å². The smallest absolute Gasteiger partial charge is 0.253 e. The molecule has 5 rings (SSSR count). The summed E-state index contributed by atoms with van der Waals surface area (Å²) in [6.07, 6.45) is 0. The molecule has 168 valence electrons. The van der Waals surface area contributed by atoms with Crippen LogP contribution < -0.4 is 10.5 Å². The molecule has 0 saturated carbocycles. The van der Waals surface area contributed by atoms with Gasteiger partial charge in [0.1, 0.15) is 5.75 Å². The number of methoxy groups -OCH3 is 1. The van der Waals surface area contributed by atoms with Crippen molar-refractivity contribution in [2.24, 2.45) is 5.73 Å². The third-order valence-electron chi connectivity index (χ3n) is 6.45. The quantitative estimate of drug-likeness (QED) is 0.506. The molecule has 3 aromatic carbocycles. The van der Waals surface area contributed by atoms with Gasteiger partial charge >= 0.3 is 0 Å². The normalized spacial score (nSPS) is 14.7. The summed E-state index contributed by atoms with van der Waals surface area (Å²) in [6, 6.07) is 17.0. The number of piperazine rings is 1. The summed E-state index contributed by atoms with van der Waals surface area (Å²) in [5.41, 5.74) is 10.0. The highest BCUT2D eigenvalue weighted by atomic mass is 16.5. The number of fused-ring (bicyclic) bond motifs is 3. The van der Waals surface area contributed by atoms with Crippen LogP contribution in [0.15, 0.2) is 54.6 Å². The number of nitrogens with zero attached hydrogens (tertiary/aromatic N) is 2. The van der Waals surface area contributed by atoms with E-state index >= 15 is 0 Å². The predicted molar refractivity (Wildman–Crippen MR) is 130 cm³/mol. The van der Waals surface area contributed by atoms with Crippen LogP contribution >= 0.6 is 0 Å². The largest absolute Gasteiger partial charge is 0.496 e. The van der Waals surface area contributed by atoms with Gasteiger partial charge < -0.3 is 25.3 Å². The van der Waals surface area contributed by atoms with E-state index in [1.807, 2.05) is 53.4 Å². The van der Waals surface area contributed by atoms with Gasteiger partial charge in [0.15, 0.2) is 0 Å². The van der Waals surface area contributed by atoms with Crippen LogP contribution in [0.25, 0.3) is 32.9 Å². The van der Waals surface area contributed by atoms with E-state index in [2.05, 4.69) is 16.9 Å². The zero-order chi connectivity index (χ0) is 23.1. The Labute approximate surface area is 191 Å². The number of aromatic nitrogens is 1. The highest BCUT2D eigenvalue weighted by Gasteiger charge is 2.23. The van der Waals surface area contributed by atoms with Crippen LogP contribution in [-0.4, -0.2) is 66.9 Å². The number of aromatic amines is 1. The van der Waals surface area contributed by atoms with Gasteiger partial charge in [0.2, 0.25) is 0 Å². The number of ether oxygens (including phenoxy) is 1. The molecule has 2 heterocycles. The molecule has 2 amide bonds. The van der Waals surface area contributed by atoms with Crippen LogP contribution in [0.1, 0.15) is 20.7 Å². The van der Waals surface area contributed by atoms with Gasteiger partial charge in [0.25, 0.3) is 11.8 Å². The molecular weight excluding hydrogens is 416 g/mol. The molecule has 1 fully saturated rings. The van der Waals surface area contributed by atoms with E-state index in [0.29, 0.717) is 29.7 Å². The Morgan fingerprint density at radius 3 is 2.45 bits per heavy atom. The Morgan fingerprint density at radius 2 is 1.73 bits per heavy atom. The molecule has 1 saturated heterocycles. The maximum absolute atomic E-state index is 13.2. The minimum Gasteiger partial charge on any atom is -0.496 e. The van der Waals surface area contributed by atoms with Gasteiger partial charge in [-0.3, -0.25) is 9.59 Å². The minimum atomic E-state index is -0.508. The number of amides is 2. The molecule has 1 aliphatic heterocycles. The van der Waals surface area contributed by atoms with Crippen molar-refractivity contribution in [2.45, 2.75) is 0 Å². The first-order valence-electron chi connectivity index (χ1n) is 11.0. The zero-order valence-corrected chi connectivity index (χ0v) is 18.7. The number of rotatable bonds is 4. The molecule has 1 aliphatic rings. The van der Waals surface area contributed by atoms with Crippen LogP contribution in [0.4, 0.5) is 0 Å². The number of para-hydroxylation sites is 1. The second-order valence-corrected chi connectivity index (χ2v) is 8.46. The van der Waals surface area contributed by atoms with Crippen molar-refractivity contribution in [3.8, 4) is 16.9 Å². The third kappa shape index (κ3) is 3.60. The lowest BCUT2D eigenvalue weighted by Crippen LogP contribution is -2.47. The van der Waals surface area contributed by atoms with Crippen LogP contribution in [-0.2, 0) is 0 Å². The van der Waals surface area contributed by atoms with Gasteiger partial charge in [-0.2, -0.15) is 0 Å². The fourth-order valence-corrected chi connectivity index (χ4v) is 4.63. The van der Waals surface area contributed by atoms with E-state index in [1.54, 1.807) is 13.2 Å². The topological polar surface area (TPSA) is 91.7 Å². The lowest BCUT2D eigenvalue weighted by molar-refractivity contribution is 0.0664. The summed E-state index contributed by atoms with van der Waals surface area (Å²) in [5.74, 6) is 0.237. The van der Waals surface area contributed by atoms with E-state index in [1.165, 1.54) is 0 Å². The van der Waals surface area contributed by atoms with Crippen molar-refractivity contribution in [1.82, 2.24) is 14.8 Å². The number of benzene rings is 3. The number of hydrogen-bond acceptors (Lipinski definition) is 4. The van der Waals surface area contributed by atoms with Gasteiger partial charge in [0.05, 0.1) is 18.2 Å². The molecular formula is C26H26N4O3. The van der Waals surface area contributed by atoms with Gasteiger partial charge in [-0.15, -0.1) is 0 Å². The van der Waals surface area contributed by atoms with E-state index in [-0.39, 0.29) is 5.91 Å². The van der Waals surface area contributed by atoms with E-state index in [9.17, 15) is 9.59 Å². The fourth-order valence-electron chi connectivity index (χ4n) is 4.63. The molecule has 33 heavy (non-hydrogen) atoms. The maximum Gasteiger partial charge on any atom is 0.253 e. The van der Waals surface area contributed by atoms with Crippen molar-refractivity contribution >= 4 is 33.6 Å². The first-order chi connectivity index (χ1) is 16.0. The molecule has 0 aliphatic carbocycles. The molecule has 4 aromatic rings. The standard InChI is InChI=1S/C26H26N4O3/c1-29-11-13-30(14-12-29)26(32)16-7-10-21-20(15-16)23-18(17-5-3-4-6-22(17)33-2)8-9-19(25(27)31)24(23)28-21/h3-10,15,28H,11-14H2,1-2H3,(H2,27,31). The number of H-pyrrole nitrogens is 1. The number of likely N-dealkylation sites (N-methyl/N-ethyl adjacent to an activating group) is 1. The second kappa shape index (κ2) is 8.26. The molecule has 7 heteroatoms. The van der Waals surface area contributed by atoms with Crippen molar-refractivity contribution in [2.75, 3.05) is 40.3 Å². The Hall–Kier alpha value is -3.84. The van der Waals surface area contributed by atoms with Crippen molar-refractivity contribution in [3.63, 3.8) is 0 Å². The van der Waals surface area contributed by atoms with Gasteiger partial charge in [-0.1, -0.05) is 24.3 Å². The summed E-state index contributed by atoms with van der Waals surface area (Å²) in [4.78, 5) is 32.9. The SMILES string of the molecule is COc1ccccc1-c1ccc(C(N)=O)c2[nH]c3ccc(C(=O)N4CCN(C)CC4)cc3c12. The molecule has 3 N–H and O–H groups in total. The summed E-state index contributed by atoms with van der Waals surface area (Å²) in [6.45, 7) is 3.14. The maximum atomic E-state index is 13.2. The monoisotopic (exact) mass is 442 g/mol. The van der Waals surface area contributed by atoms with Gasteiger partial charge in [-0.05, 0) is 42.9 Å². The highest BCUT2D eigenvalue weighted by molar-refractivity contribution is 6.20. The summed E-state index contributed by atoms with van der Waals surface area (Å²) >= 11 is 0. The van der Waals surface area contributed by atoms with Crippen molar-refractivity contribution < 1.29 is 14.3 Å². The first-order valence-corrected chi connectivity index (χ1v) is 11.0. The van der Waals surface area contributed by atoms with Crippen LogP contribution in [0.5, 0.6) is 5.75 Å². The molecule has 1 aromatic heterocycles. The molecule has 0 spiro atoms. The summed E-state index contributed by atoms with van der Waals surface area (Å²) in [7, 11) is 3.70. The lowest BCUT2D eigenvalue weighted by atomic mass is 9.95. The fraction of sp³-hybridized carbons (Fsp3) is 0.231. The summed E-state index contributed by atoms with van der Waals surface area (Å²) < 4.78 is 5.60. The number of carbonyl (C=O) groups excluding carboxylic acids is 2. The number of nitrogens with one attached hydrogen (secondary N) is 1. The third-order valence-corrected chi connectivity index (χ3v) is 6.45. The zero-order valence-electron chi connectivity index (χ0n) is 18.7. The minimum absolute atomic E-state index is 0.0178. The Kier molecular flexibility index (Phi) is 5.26. The Bertz CT molecular complexity index is 1380. The van der Waals surface area contributed by atoms with E-state index < -0.39 is 5.91 Å².